The lowest BCUT2D eigenvalue weighted by Gasteiger charge is -2.08. The molecule has 3 aromatic rings. The van der Waals surface area contributed by atoms with E-state index in [1.807, 2.05) is 18.2 Å². The Kier molecular flexibility index (Phi) is 6.73. The van der Waals surface area contributed by atoms with Crippen LogP contribution in [-0.4, -0.2) is 25.8 Å². The van der Waals surface area contributed by atoms with Crippen molar-refractivity contribution in [2.24, 2.45) is 5.10 Å². The Morgan fingerprint density at radius 1 is 1.25 bits per heavy atom. The van der Waals surface area contributed by atoms with Gasteiger partial charge in [-0.2, -0.15) is 5.10 Å². The van der Waals surface area contributed by atoms with E-state index in [4.69, 9.17) is 25.5 Å². The molecule has 0 radical (unpaired) electrons. The first kappa shape index (κ1) is 20.0. The fourth-order valence-corrected chi connectivity index (χ4v) is 3.00. The summed E-state index contributed by atoms with van der Waals surface area (Å²) in [5.74, 6) is 1.90. The molecule has 6 nitrogen and oxygen atoms in total. The van der Waals surface area contributed by atoms with Crippen LogP contribution in [0.4, 0.5) is 0 Å². The van der Waals surface area contributed by atoms with Gasteiger partial charge in [0.1, 0.15) is 23.0 Å². The van der Waals surface area contributed by atoms with E-state index in [-0.39, 0.29) is 6.61 Å². The van der Waals surface area contributed by atoms with Crippen LogP contribution in [0.3, 0.4) is 0 Å². The number of benzene rings is 2. The van der Waals surface area contributed by atoms with Crippen LogP contribution in [0, 0.1) is 0 Å². The fourth-order valence-electron chi connectivity index (χ4n) is 2.30. The maximum Gasteiger partial charge on any atom is 0.277 e. The standard InChI is InChI=1S/C20H16BrClN2O4/c1-26-13-6-9-19(16(21)10-13)27-12-20(25)24-23-11-14-7-8-18(28-14)15-4-2-3-5-17(15)22/h2-11H,12H2,1H3,(H,24,25)/b23-11+. The van der Waals surface area contributed by atoms with Gasteiger partial charge in [-0.3, -0.25) is 4.79 Å². The number of carbonyl (C=O) groups excluding carboxylic acids is 1. The van der Waals surface area contributed by atoms with E-state index >= 15 is 0 Å². The lowest BCUT2D eigenvalue weighted by atomic mass is 10.2. The number of amides is 1. The van der Waals surface area contributed by atoms with Crippen molar-refractivity contribution in [3.63, 3.8) is 0 Å². The number of halogens is 2. The third-order valence-corrected chi connectivity index (χ3v) is 4.59. The maximum absolute atomic E-state index is 11.9. The summed E-state index contributed by atoms with van der Waals surface area (Å²) < 4.78 is 16.9. The summed E-state index contributed by atoms with van der Waals surface area (Å²) in [5.41, 5.74) is 3.17. The molecule has 0 aliphatic heterocycles. The number of carbonyl (C=O) groups is 1. The zero-order chi connectivity index (χ0) is 19.9. The Labute approximate surface area is 175 Å². The highest BCUT2D eigenvalue weighted by Crippen LogP contribution is 2.29. The molecule has 1 heterocycles. The van der Waals surface area contributed by atoms with Gasteiger partial charge in [-0.1, -0.05) is 23.7 Å². The molecule has 2 aromatic carbocycles. The number of ether oxygens (including phenoxy) is 2. The summed E-state index contributed by atoms with van der Waals surface area (Å²) in [7, 11) is 1.57. The molecule has 0 unspecified atom stereocenters. The summed E-state index contributed by atoms with van der Waals surface area (Å²) in [6, 6.07) is 16.1. The molecule has 0 aliphatic rings. The van der Waals surface area contributed by atoms with Gasteiger partial charge in [0.05, 0.1) is 22.8 Å². The van der Waals surface area contributed by atoms with Crippen LogP contribution in [-0.2, 0) is 4.79 Å². The molecule has 0 aliphatic carbocycles. The number of rotatable bonds is 7. The SMILES string of the molecule is COc1ccc(OCC(=O)N/N=C/c2ccc(-c3ccccc3Cl)o2)c(Br)c1. The third kappa shape index (κ3) is 5.15. The average Bonchev–Trinajstić information content (AvgIpc) is 3.16. The molecule has 1 aromatic heterocycles. The third-order valence-electron chi connectivity index (χ3n) is 3.64. The molecule has 3 rings (SSSR count). The van der Waals surface area contributed by atoms with E-state index in [1.54, 1.807) is 43.5 Å². The molecule has 0 saturated heterocycles. The first-order chi connectivity index (χ1) is 13.6. The largest absolute Gasteiger partial charge is 0.497 e. The second-order valence-electron chi connectivity index (χ2n) is 5.56. The highest BCUT2D eigenvalue weighted by molar-refractivity contribution is 9.10. The van der Waals surface area contributed by atoms with Gasteiger partial charge in [0, 0.05) is 5.56 Å². The Hall–Kier alpha value is -2.77. The van der Waals surface area contributed by atoms with E-state index in [0.717, 1.165) is 5.56 Å². The molecule has 144 valence electrons. The zero-order valence-electron chi connectivity index (χ0n) is 14.8. The van der Waals surface area contributed by atoms with Gasteiger partial charge in [0.15, 0.2) is 6.61 Å². The molecular formula is C20H16BrClN2O4. The second-order valence-corrected chi connectivity index (χ2v) is 6.82. The topological polar surface area (TPSA) is 73.1 Å². The van der Waals surface area contributed by atoms with E-state index in [9.17, 15) is 4.79 Å². The van der Waals surface area contributed by atoms with Crippen LogP contribution in [0.1, 0.15) is 5.76 Å². The summed E-state index contributed by atoms with van der Waals surface area (Å²) in [4.78, 5) is 11.9. The van der Waals surface area contributed by atoms with Crippen LogP contribution in [0.5, 0.6) is 11.5 Å². The zero-order valence-corrected chi connectivity index (χ0v) is 17.2. The van der Waals surface area contributed by atoms with E-state index in [0.29, 0.717) is 32.5 Å². The second kappa shape index (κ2) is 9.43. The van der Waals surface area contributed by atoms with Crippen molar-refractivity contribution in [2.45, 2.75) is 0 Å². The van der Waals surface area contributed by atoms with Crippen LogP contribution in [0.15, 0.2) is 68.6 Å². The minimum absolute atomic E-state index is 0.189. The van der Waals surface area contributed by atoms with Gasteiger partial charge in [-0.05, 0) is 58.4 Å². The maximum atomic E-state index is 11.9. The van der Waals surface area contributed by atoms with Crippen LogP contribution in [0.2, 0.25) is 5.02 Å². The fraction of sp³-hybridized carbons (Fsp3) is 0.100. The van der Waals surface area contributed by atoms with E-state index < -0.39 is 5.91 Å². The molecule has 28 heavy (non-hydrogen) atoms. The predicted octanol–water partition coefficient (Wildman–Crippen LogP) is 4.90. The molecule has 8 heteroatoms. The molecule has 0 atom stereocenters. The van der Waals surface area contributed by atoms with Crippen LogP contribution < -0.4 is 14.9 Å². The van der Waals surface area contributed by atoms with E-state index in [2.05, 4.69) is 26.5 Å². The highest BCUT2D eigenvalue weighted by Gasteiger charge is 2.08. The first-order valence-electron chi connectivity index (χ1n) is 8.20. The number of nitrogens with zero attached hydrogens (tertiary/aromatic N) is 1. The van der Waals surface area contributed by atoms with Crippen molar-refractivity contribution in [1.82, 2.24) is 5.43 Å². The molecule has 0 fully saturated rings. The predicted molar refractivity (Wildman–Crippen MR) is 111 cm³/mol. The first-order valence-corrected chi connectivity index (χ1v) is 9.37. The molecule has 0 bridgehead atoms. The number of hydrazone groups is 1. The van der Waals surface area contributed by atoms with Crippen molar-refractivity contribution in [3.05, 3.63) is 69.9 Å². The molecule has 1 amide bonds. The van der Waals surface area contributed by atoms with Gasteiger partial charge in [0.2, 0.25) is 0 Å². The monoisotopic (exact) mass is 462 g/mol. The Balaban J connectivity index is 1.52. The summed E-state index contributed by atoms with van der Waals surface area (Å²) >= 11 is 9.51. The summed E-state index contributed by atoms with van der Waals surface area (Å²) in [6.07, 6.45) is 1.40. The number of hydrogen-bond donors (Lipinski definition) is 1. The van der Waals surface area contributed by atoms with Crippen molar-refractivity contribution in [2.75, 3.05) is 13.7 Å². The average molecular weight is 464 g/mol. The summed E-state index contributed by atoms with van der Waals surface area (Å²) in [5, 5.41) is 4.46. The van der Waals surface area contributed by atoms with Crippen molar-refractivity contribution >= 4 is 39.7 Å². The number of furan rings is 1. The Bertz CT molecular complexity index is 1000. The van der Waals surface area contributed by atoms with Gasteiger partial charge < -0.3 is 13.9 Å². The van der Waals surface area contributed by atoms with Crippen LogP contribution >= 0.6 is 27.5 Å². The molecular weight excluding hydrogens is 448 g/mol. The van der Waals surface area contributed by atoms with Crippen molar-refractivity contribution in [1.29, 1.82) is 0 Å². The minimum atomic E-state index is -0.406. The van der Waals surface area contributed by atoms with Crippen molar-refractivity contribution < 1.29 is 18.7 Å². The Morgan fingerprint density at radius 2 is 2.07 bits per heavy atom. The normalized spacial score (nSPS) is 10.8. The Morgan fingerprint density at radius 3 is 2.82 bits per heavy atom. The molecule has 1 N–H and O–H groups in total. The van der Waals surface area contributed by atoms with Crippen LogP contribution in [0.25, 0.3) is 11.3 Å². The number of hydrogen-bond acceptors (Lipinski definition) is 5. The summed E-state index contributed by atoms with van der Waals surface area (Å²) in [6.45, 7) is -0.189. The van der Waals surface area contributed by atoms with Gasteiger partial charge in [-0.25, -0.2) is 5.43 Å². The quantitative estimate of drug-likeness (QED) is 0.399. The number of methoxy groups -OCH3 is 1. The smallest absolute Gasteiger partial charge is 0.277 e. The highest BCUT2D eigenvalue weighted by atomic mass is 79.9. The lowest BCUT2D eigenvalue weighted by molar-refractivity contribution is -0.123. The van der Waals surface area contributed by atoms with Gasteiger partial charge in [0.25, 0.3) is 5.91 Å². The number of nitrogens with one attached hydrogen (secondary N) is 1. The minimum Gasteiger partial charge on any atom is -0.497 e. The molecule has 0 saturated carbocycles. The lowest BCUT2D eigenvalue weighted by Crippen LogP contribution is -2.24. The van der Waals surface area contributed by atoms with Gasteiger partial charge in [-0.15, -0.1) is 0 Å². The van der Waals surface area contributed by atoms with Gasteiger partial charge >= 0.3 is 0 Å². The van der Waals surface area contributed by atoms with Crippen molar-refractivity contribution in [3.8, 4) is 22.8 Å². The molecule has 0 spiro atoms. The van der Waals surface area contributed by atoms with E-state index in [1.165, 1.54) is 6.21 Å².